The molecular weight excluding hydrogens is 336 g/mol. The van der Waals surface area contributed by atoms with Crippen LogP contribution in [0.2, 0.25) is 0 Å². The molecule has 3 rings (SSSR count). The van der Waals surface area contributed by atoms with Crippen LogP contribution in [0.3, 0.4) is 0 Å². The molecule has 0 saturated heterocycles. The molecule has 5 nitrogen and oxygen atoms in total. The summed E-state index contributed by atoms with van der Waals surface area (Å²) in [6.45, 7) is 5.56. The van der Waals surface area contributed by atoms with Crippen LogP contribution in [0.5, 0.6) is 5.75 Å². The highest BCUT2D eigenvalue weighted by atomic mass is 32.2. The van der Waals surface area contributed by atoms with Crippen LogP contribution in [0, 0.1) is 20.8 Å². The largest absolute Gasteiger partial charge is 0.497 e. The number of fused-ring (bicyclic) bond motifs is 1. The number of anilines is 1. The van der Waals surface area contributed by atoms with Gasteiger partial charge in [-0.15, -0.1) is 0 Å². The smallest absolute Gasteiger partial charge is 0.262 e. The fraction of sp³-hybridized carbons (Fsp3) is 0.211. The zero-order valence-corrected chi connectivity index (χ0v) is 15.4. The predicted molar refractivity (Wildman–Crippen MR) is 99.8 cm³/mol. The molecule has 25 heavy (non-hydrogen) atoms. The fourth-order valence-electron chi connectivity index (χ4n) is 3.08. The van der Waals surface area contributed by atoms with Crippen molar-refractivity contribution in [3.05, 3.63) is 59.3 Å². The Labute approximate surface area is 147 Å². The Balaban J connectivity index is 2.00. The molecule has 3 aromatic rings. The normalized spacial score (nSPS) is 11.5. The molecule has 2 aromatic carbocycles. The van der Waals surface area contributed by atoms with E-state index in [0.717, 1.165) is 27.6 Å². The number of aryl methyl sites for hydroxylation is 3. The van der Waals surface area contributed by atoms with Gasteiger partial charge in [0, 0.05) is 11.5 Å². The lowest BCUT2D eigenvalue weighted by Crippen LogP contribution is -2.16. The van der Waals surface area contributed by atoms with Gasteiger partial charge in [0.25, 0.3) is 10.0 Å². The van der Waals surface area contributed by atoms with Crippen LogP contribution in [0.25, 0.3) is 10.9 Å². The molecule has 0 aliphatic carbocycles. The summed E-state index contributed by atoms with van der Waals surface area (Å²) in [7, 11) is -2.09. The highest BCUT2D eigenvalue weighted by Crippen LogP contribution is 2.26. The monoisotopic (exact) mass is 356 g/mol. The first-order valence-corrected chi connectivity index (χ1v) is 9.33. The zero-order valence-electron chi connectivity index (χ0n) is 14.6. The number of pyridine rings is 1. The predicted octanol–water partition coefficient (Wildman–Crippen LogP) is 3.97. The number of benzene rings is 2. The Morgan fingerprint density at radius 2 is 1.68 bits per heavy atom. The first-order valence-electron chi connectivity index (χ1n) is 7.84. The summed E-state index contributed by atoms with van der Waals surface area (Å²) in [5, 5.41) is 0.832. The van der Waals surface area contributed by atoms with E-state index in [1.807, 2.05) is 37.3 Å². The van der Waals surface area contributed by atoms with Crippen molar-refractivity contribution in [3.8, 4) is 5.75 Å². The number of nitrogens with zero attached hydrogens (tertiary/aromatic N) is 1. The van der Waals surface area contributed by atoms with E-state index < -0.39 is 10.0 Å². The summed E-state index contributed by atoms with van der Waals surface area (Å²) < 4.78 is 33.5. The second-order valence-electron chi connectivity index (χ2n) is 6.12. The molecule has 0 amide bonds. The van der Waals surface area contributed by atoms with Gasteiger partial charge >= 0.3 is 0 Å². The number of hydrogen-bond donors (Lipinski definition) is 1. The molecule has 6 heteroatoms. The van der Waals surface area contributed by atoms with E-state index in [0.29, 0.717) is 16.3 Å². The minimum Gasteiger partial charge on any atom is -0.497 e. The second-order valence-corrected chi connectivity index (χ2v) is 7.74. The summed E-state index contributed by atoms with van der Waals surface area (Å²) in [6.07, 6.45) is 1.51. The van der Waals surface area contributed by atoms with E-state index in [-0.39, 0.29) is 0 Å². The van der Waals surface area contributed by atoms with Gasteiger partial charge in [-0.05, 0) is 50.1 Å². The first kappa shape index (κ1) is 17.2. The molecular formula is C19H20N2O3S. The number of hydrogen-bond acceptors (Lipinski definition) is 4. The second kappa shape index (κ2) is 6.37. The van der Waals surface area contributed by atoms with E-state index >= 15 is 0 Å². The van der Waals surface area contributed by atoms with Crippen molar-refractivity contribution in [1.82, 2.24) is 4.98 Å². The summed E-state index contributed by atoms with van der Waals surface area (Å²) in [5.41, 5.74) is 3.66. The van der Waals surface area contributed by atoms with Crippen LogP contribution in [-0.2, 0) is 10.0 Å². The Morgan fingerprint density at radius 3 is 2.32 bits per heavy atom. The van der Waals surface area contributed by atoms with Crippen LogP contribution >= 0.6 is 0 Å². The van der Waals surface area contributed by atoms with Crippen LogP contribution < -0.4 is 9.46 Å². The van der Waals surface area contributed by atoms with Crippen LogP contribution in [-0.4, -0.2) is 20.5 Å². The standard InChI is InChI=1S/C19H20N2O3S/c1-12-7-13(2)19(14(3)8-12)25(22,23)21-16-9-15-5-6-17(24-4)10-18(15)20-11-16/h5-11,21H,1-4H3. The summed E-state index contributed by atoms with van der Waals surface area (Å²) >= 11 is 0. The van der Waals surface area contributed by atoms with Gasteiger partial charge in [-0.25, -0.2) is 8.42 Å². The molecule has 1 N–H and O–H groups in total. The average molecular weight is 356 g/mol. The van der Waals surface area contributed by atoms with Crippen molar-refractivity contribution in [1.29, 1.82) is 0 Å². The lowest BCUT2D eigenvalue weighted by molar-refractivity contribution is 0.415. The summed E-state index contributed by atoms with van der Waals surface area (Å²) in [6, 6.07) is 11.0. The van der Waals surface area contributed by atoms with Gasteiger partial charge in [0.05, 0.1) is 29.4 Å². The Bertz CT molecular complexity index is 1040. The number of rotatable bonds is 4. The van der Waals surface area contributed by atoms with E-state index in [2.05, 4.69) is 9.71 Å². The SMILES string of the molecule is COc1ccc2cc(NS(=O)(=O)c3c(C)cc(C)cc3C)cnc2c1. The third kappa shape index (κ3) is 3.44. The fourth-order valence-corrected chi connectivity index (χ4v) is 4.57. The Hall–Kier alpha value is -2.60. The van der Waals surface area contributed by atoms with Crippen LogP contribution in [0.1, 0.15) is 16.7 Å². The lowest BCUT2D eigenvalue weighted by Gasteiger charge is -2.14. The summed E-state index contributed by atoms with van der Waals surface area (Å²) in [4.78, 5) is 4.63. The summed E-state index contributed by atoms with van der Waals surface area (Å²) in [5.74, 6) is 0.708. The van der Waals surface area contributed by atoms with E-state index in [4.69, 9.17) is 4.74 Å². The molecule has 0 radical (unpaired) electrons. The van der Waals surface area contributed by atoms with Crippen molar-refractivity contribution in [3.63, 3.8) is 0 Å². The van der Waals surface area contributed by atoms with Crippen molar-refractivity contribution in [2.45, 2.75) is 25.7 Å². The molecule has 130 valence electrons. The third-order valence-corrected chi connectivity index (χ3v) is 5.70. The molecule has 0 aliphatic rings. The third-order valence-electron chi connectivity index (χ3n) is 4.02. The van der Waals surface area contributed by atoms with Gasteiger partial charge in [0.1, 0.15) is 5.75 Å². The van der Waals surface area contributed by atoms with Gasteiger partial charge in [-0.2, -0.15) is 0 Å². The molecule has 0 saturated carbocycles. The van der Waals surface area contributed by atoms with Crippen molar-refractivity contribution >= 4 is 26.6 Å². The maximum absolute atomic E-state index is 12.8. The van der Waals surface area contributed by atoms with Crippen molar-refractivity contribution in [2.75, 3.05) is 11.8 Å². The van der Waals surface area contributed by atoms with Gasteiger partial charge in [-0.1, -0.05) is 17.7 Å². The molecule has 1 aromatic heterocycles. The Morgan fingerprint density at radius 1 is 1.00 bits per heavy atom. The molecule has 1 heterocycles. The van der Waals surface area contributed by atoms with Gasteiger partial charge < -0.3 is 4.74 Å². The highest BCUT2D eigenvalue weighted by molar-refractivity contribution is 7.92. The number of sulfonamides is 1. The number of aromatic nitrogens is 1. The van der Waals surface area contributed by atoms with E-state index in [1.54, 1.807) is 27.0 Å². The van der Waals surface area contributed by atoms with Gasteiger partial charge in [-0.3, -0.25) is 9.71 Å². The molecule has 0 spiro atoms. The topological polar surface area (TPSA) is 68.3 Å². The van der Waals surface area contributed by atoms with Crippen LogP contribution in [0.4, 0.5) is 5.69 Å². The minimum atomic E-state index is -3.69. The van der Waals surface area contributed by atoms with Crippen molar-refractivity contribution < 1.29 is 13.2 Å². The quantitative estimate of drug-likeness (QED) is 0.768. The minimum absolute atomic E-state index is 0.313. The highest BCUT2D eigenvalue weighted by Gasteiger charge is 2.20. The number of methoxy groups -OCH3 is 1. The maximum atomic E-state index is 12.8. The molecule has 0 atom stereocenters. The number of nitrogens with one attached hydrogen (secondary N) is 1. The average Bonchev–Trinajstić information content (AvgIpc) is 2.52. The maximum Gasteiger partial charge on any atom is 0.262 e. The zero-order chi connectivity index (χ0) is 18.2. The molecule has 0 aliphatic heterocycles. The molecule has 0 bridgehead atoms. The number of ether oxygens (including phenoxy) is 1. The first-order chi connectivity index (χ1) is 11.8. The lowest BCUT2D eigenvalue weighted by atomic mass is 10.1. The van der Waals surface area contributed by atoms with Gasteiger partial charge in [0.15, 0.2) is 0 Å². The van der Waals surface area contributed by atoms with Gasteiger partial charge in [0.2, 0.25) is 0 Å². The van der Waals surface area contributed by atoms with Crippen LogP contribution in [0.15, 0.2) is 47.5 Å². The van der Waals surface area contributed by atoms with Crippen molar-refractivity contribution in [2.24, 2.45) is 0 Å². The van der Waals surface area contributed by atoms with E-state index in [1.165, 1.54) is 6.20 Å². The Kier molecular flexibility index (Phi) is 4.39. The molecule has 0 fully saturated rings. The molecule has 0 unspecified atom stereocenters. The van der Waals surface area contributed by atoms with E-state index in [9.17, 15) is 8.42 Å².